The van der Waals surface area contributed by atoms with Crippen LogP contribution in [-0.2, 0) is 0 Å². The molecule has 2 aromatic rings. The summed E-state index contributed by atoms with van der Waals surface area (Å²) in [4.78, 5) is 0. The molecule has 0 spiro atoms. The normalized spacial score (nSPS) is 27.3. The third-order valence-electron chi connectivity index (χ3n) is 3.68. The second kappa shape index (κ2) is 5.71. The molecule has 0 bridgehead atoms. The highest BCUT2D eigenvalue weighted by Crippen LogP contribution is 2.74. The van der Waals surface area contributed by atoms with Crippen molar-refractivity contribution in [3.8, 4) is 0 Å². The third kappa shape index (κ3) is 2.48. The Hall–Kier alpha value is -0.400. The van der Waals surface area contributed by atoms with Gasteiger partial charge in [-0.05, 0) is 29.5 Å². The van der Waals surface area contributed by atoms with Gasteiger partial charge in [0, 0.05) is 11.3 Å². The molecule has 0 saturated carbocycles. The van der Waals surface area contributed by atoms with Crippen molar-refractivity contribution in [1.29, 1.82) is 0 Å². The number of hydrogen-bond donors (Lipinski definition) is 0. The summed E-state index contributed by atoms with van der Waals surface area (Å²) in [5.41, 5.74) is 4.67. The highest BCUT2D eigenvalue weighted by atomic mass is 127. The van der Waals surface area contributed by atoms with Gasteiger partial charge >= 0.3 is 0 Å². The van der Waals surface area contributed by atoms with Crippen LogP contribution in [0.25, 0.3) is 0 Å². The molecule has 1 aliphatic heterocycles. The highest BCUT2D eigenvalue weighted by Gasteiger charge is 2.35. The molecule has 0 aliphatic carbocycles. The lowest BCUT2D eigenvalue weighted by molar-refractivity contribution is 0.765. The molecule has 1 heterocycles. The van der Waals surface area contributed by atoms with Gasteiger partial charge in [0.2, 0.25) is 0 Å². The molecule has 1 fully saturated rings. The van der Waals surface area contributed by atoms with E-state index in [9.17, 15) is 0 Å². The molecule has 2 aromatic carbocycles. The van der Waals surface area contributed by atoms with E-state index in [4.69, 9.17) is 0 Å². The SMILES string of the molecule is IP1C(c2ccccc2)CCC1c1ccccc1. The molecular weight excluding hydrogens is 350 g/mol. The van der Waals surface area contributed by atoms with Gasteiger partial charge in [0.1, 0.15) is 0 Å². The van der Waals surface area contributed by atoms with Gasteiger partial charge in [0.25, 0.3) is 0 Å². The first-order chi connectivity index (χ1) is 8.86. The van der Waals surface area contributed by atoms with Crippen LogP contribution in [0.15, 0.2) is 60.7 Å². The van der Waals surface area contributed by atoms with Crippen LogP contribution in [0.5, 0.6) is 0 Å². The quantitative estimate of drug-likeness (QED) is 0.445. The van der Waals surface area contributed by atoms with Crippen LogP contribution in [0.1, 0.15) is 35.3 Å². The van der Waals surface area contributed by atoms with Gasteiger partial charge < -0.3 is 0 Å². The van der Waals surface area contributed by atoms with Crippen molar-refractivity contribution in [2.75, 3.05) is 0 Å². The standard InChI is InChI=1S/C16H16IP/c17-18-15(13-7-3-1-4-8-13)11-12-16(18)14-9-5-2-6-10-14/h1-10,15-16H,11-12H2. The van der Waals surface area contributed by atoms with Crippen LogP contribution in [0.2, 0.25) is 0 Å². The Kier molecular flexibility index (Phi) is 4.00. The topological polar surface area (TPSA) is 0 Å². The van der Waals surface area contributed by atoms with E-state index in [1.165, 1.54) is 24.0 Å². The number of rotatable bonds is 2. The van der Waals surface area contributed by atoms with E-state index in [1.54, 1.807) is 0 Å². The Bertz CT molecular complexity index is 450. The molecule has 0 N–H and O–H groups in total. The summed E-state index contributed by atoms with van der Waals surface area (Å²) >= 11 is 2.73. The van der Waals surface area contributed by atoms with E-state index in [1.807, 2.05) is 0 Å². The van der Waals surface area contributed by atoms with Crippen molar-refractivity contribution in [2.24, 2.45) is 0 Å². The van der Waals surface area contributed by atoms with Crippen LogP contribution in [0, 0.1) is 0 Å². The molecule has 1 aliphatic rings. The Balaban J connectivity index is 1.83. The summed E-state index contributed by atoms with van der Waals surface area (Å²) in [5.74, 6) is 0. The minimum Gasteiger partial charge on any atom is -0.0622 e. The van der Waals surface area contributed by atoms with Gasteiger partial charge in [-0.1, -0.05) is 82.7 Å². The molecule has 0 aromatic heterocycles. The molecule has 3 rings (SSSR count). The first kappa shape index (κ1) is 12.6. The average molecular weight is 366 g/mol. The summed E-state index contributed by atoms with van der Waals surface area (Å²) in [7, 11) is 0. The van der Waals surface area contributed by atoms with Crippen LogP contribution in [0.3, 0.4) is 0 Å². The molecule has 1 saturated heterocycles. The molecule has 18 heavy (non-hydrogen) atoms. The Morgan fingerprint density at radius 3 is 1.50 bits per heavy atom. The van der Waals surface area contributed by atoms with Crippen LogP contribution in [-0.4, -0.2) is 0 Å². The first-order valence-electron chi connectivity index (χ1n) is 6.40. The summed E-state index contributed by atoms with van der Waals surface area (Å²) in [5, 5.41) is 0. The number of halogens is 1. The lowest BCUT2D eigenvalue weighted by Crippen LogP contribution is -1.89. The summed E-state index contributed by atoms with van der Waals surface area (Å²) in [6.07, 6.45) is 2.69. The molecule has 2 atom stereocenters. The zero-order valence-electron chi connectivity index (χ0n) is 10.2. The van der Waals surface area contributed by atoms with Crippen LogP contribution >= 0.6 is 27.6 Å². The number of benzene rings is 2. The fourth-order valence-electron chi connectivity index (χ4n) is 2.75. The van der Waals surface area contributed by atoms with E-state index in [0.717, 1.165) is 11.3 Å². The van der Waals surface area contributed by atoms with Crippen molar-refractivity contribution >= 4 is 27.6 Å². The highest BCUT2D eigenvalue weighted by molar-refractivity contribution is 14.2. The monoisotopic (exact) mass is 366 g/mol. The van der Waals surface area contributed by atoms with E-state index < -0.39 is 0 Å². The van der Waals surface area contributed by atoms with E-state index >= 15 is 0 Å². The van der Waals surface area contributed by atoms with Crippen molar-refractivity contribution in [1.82, 2.24) is 0 Å². The average Bonchev–Trinajstić information content (AvgIpc) is 2.83. The fraction of sp³-hybridized carbons (Fsp3) is 0.250. The molecule has 2 heteroatoms. The molecular formula is C16H16IP. The van der Waals surface area contributed by atoms with Gasteiger partial charge in [-0.15, -0.1) is 0 Å². The minimum atomic E-state index is 0.0256. The second-order valence-electron chi connectivity index (χ2n) is 4.77. The Labute approximate surface area is 123 Å². The predicted molar refractivity (Wildman–Crippen MR) is 88.5 cm³/mol. The lowest BCUT2D eigenvalue weighted by atomic mass is 10.0. The Morgan fingerprint density at radius 2 is 1.11 bits per heavy atom. The van der Waals surface area contributed by atoms with E-state index in [-0.39, 0.29) is 5.56 Å². The van der Waals surface area contributed by atoms with E-state index in [2.05, 4.69) is 82.7 Å². The maximum atomic E-state index is 2.73. The lowest BCUT2D eigenvalue weighted by Gasteiger charge is -2.20. The predicted octanol–water partition coefficient (Wildman–Crippen LogP) is 6.09. The van der Waals surface area contributed by atoms with Gasteiger partial charge in [-0.2, -0.15) is 0 Å². The van der Waals surface area contributed by atoms with Crippen molar-refractivity contribution < 1.29 is 0 Å². The number of hydrogen-bond acceptors (Lipinski definition) is 0. The smallest absolute Gasteiger partial charge is 0.0138 e. The molecule has 92 valence electrons. The molecule has 0 amide bonds. The maximum Gasteiger partial charge on any atom is 0.0138 e. The molecule has 0 nitrogen and oxygen atoms in total. The summed E-state index contributed by atoms with van der Waals surface area (Å²) < 4.78 is 0. The molecule has 0 radical (unpaired) electrons. The van der Waals surface area contributed by atoms with E-state index in [0.29, 0.717) is 0 Å². The fourth-order valence-corrected chi connectivity index (χ4v) is 8.49. The van der Waals surface area contributed by atoms with Crippen molar-refractivity contribution in [3.05, 3.63) is 71.8 Å². The Morgan fingerprint density at radius 1 is 0.722 bits per heavy atom. The van der Waals surface area contributed by atoms with Crippen molar-refractivity contribution in [2.45, 2.75) is 24.2 Å². The van der Waals surface area contributed by atoms with Crippen molar-refractivity contribution in [3.63, 3.8) is 0 Å². The summed E-state index contributed by atoms with van der Waals surface area (Å²) in [6.45, 7) is 0. The zero-order chi connectivity index (χ0) is 12.4. The minimum absolute atomic E-state index is 0.0256. The third-order valence-corrected chi connectivity index (χ3v) is 10.0. The van der Waals surface area contributed by atoms with Gasteiger partial charge in [-0.25, -0.2) is 0 Å². The zero-order valence-corrected chi connectivity index (χ0v) is 13.2. The maximum absolute atomic E-state index is 2.73. The second-order valence-corrected chi connectivity index (χ2v) is 10.1. The van der Waals surface area contributed by atoms with Gasteiger partial charge in [0.05, 0.1) is 0 Å². The largest absolute Gasteiger partial charge is 0.0622 e. The van der Waals surface area contributed by atoms with Crippen LogP contribution in [0.4, 0.5) is 0 Å². The van der Waals surface area contributed by atoms with Gasteiger partial charge in [0.15, 0.2) is 0 Å². The molecule has 2 unspecified atom stereocenters. The summed E-state index contributed by atoms with van der Waals surface area (Å²) in [6, 6.07) is 22.1. The first-order valence-corrected chi connectivity index (χ1v) is 10.7. The van der Waals surface area contributed by atoms with Crippen LogP contribution < -0.4 is 0 Å². The van der Waals surface area contributed by atoms with Gasteiger partial charge in [-0.3, -0.25) is 0 Å².